The fraction of sp³-hybridized carbons (Fsp3) is 0.462. The molecule has 2 aromatic rings. The molecule has 0 amide bonds. The van der Waals surface area contributed by atoms with Crippen molar-refractivity contribution in [3.05, 3.63) is 48.0 Å². The van der Waals surface area contributed by atoms with Gasteiger partial charge in [-0.1, -0.05) is 57.7 Å². The summed E-state index contributed by atoms with van der Waals surface area (Å²) in [5, 5.41) is 18.8. The number of hydrogen-bond acceptors (Lipinski definition) is 5. The largest absolute Gasteiger partial charge is 0.480 e. The second-order valence-corrected chi connectivity index (χ2v) is 9.54. The van der Waals surface area contributed by atoms with Crippen molar-refractivity contribution >= 4 is 29.1 Å². The number of nitrogens with zero attached hydrogens (tertiary/aromatic N) is 2. The predicted octanol–water partition coefficient (Wildman–Crippen LogP) is 6.63. The maximum Gasteiger partial charge on any atom is 0.341 e. The molecule has 1 heterocycles. The van der Waals surface area contributed by atoms with Gasteiger partial charge in [0.05, 0.1) is 11.3 Å². The van der Waals surface area contributed by atoms with Crippen LogP contribution >= 0.6 is 11.8 Å². The van der Waals surface area contributed by atoms with E-state index < -0.39 is 12.6 Å². The minimum atomic E-state index is -1.06. The Kier molecular flexibility index (Phi) is 8.46. The van der Waals surface area contributed by atoms with Crippen LogP contribution in [0.2, 0.25) is 0 Å². The molecule has 1 aliphatic rings. The molecule has 2 aromatic carbocycles. The Labute approximate surface area is 195 Å². The molecule has 0 aromatic heterocycles. The average molecular weight is 453 g/mol. The number of rotatable bonds is 10. The third-order valence-corrected chi connectivity index (χ3v) is 7.43. The van der Waals surface area contributed by atoms with E-state index in [4.69, 9.17) is 9.84 Å². The number of unbranched alkanes of at least 4 members (excludes halogenated alkanes) is 2. The molecule has 0 saturated heterocycles. The fourth-order valence-electron chi connectivity index (χ4n) is 4.29. The van der Waals surface area contributed by atoms with Crippen molar-refractivity contribution in [1.29, 1.82) is 5.26 Å². The molecule has 6 heteroatoms. The van der Waals surface area contributed by atoms with Crippen LogP contribution in [-0.4, -0.2) is 30.0 Å². The summed E-state index contributed by atoms with van der Waals surface area (Å²) in [7, 11) is 0. The highest BCUT2D eigenvalue weighted by atomic mass is 32.2. The van der Waals surface area contributed by atoms with E-state index in [0.29, 0.717) is 11.3 Å². The summed E-state index contributed by atoms with van der Waals surface area (Å²) >= 11 is 1.80. The molecule has 0 atom stereocenters. The number of carboxylic acid groups (broad SMARTS) is 1. The van der Waals surface area contributed by atoms with Gasteiger partial charge in [-0.2, -0.15) is 5.26 Å². The molecule has 0 saturated carbocycles. The number of benzene rings is 2. The Morgan fingerprint density at radius 3 is 2.47 bits per heavy atom. The summed E-state index contributed by atoms with van der Waals surface area (Å²) in [6.45, 7) is 4.92. The van der Waals surface area contributed by atoms with Crippen molar-refractivity contribution in [3.8, 4) is 11.8 Å². The average Bonchev–Trinajstić information content (AvgIpc) is 2.97. The van der Waals surface area contributed by atoms with Gasteiger partial charge in [0.15, 0.2) is 6.61 Å². The van der Waals surface area contributed by atoms with E-state index in [0.717, 1.165) is 28.6 Å². The van der Waals surface area contributed by atoms with Gasteiger partial charge in [-0.25, -0.2) is 4.79 Å². The molecule has 32 heavy (non-hydrogen) atoms. The van der Waals surface area contributed by atoms with Gasteiger partial charge in [0, 0.05) is 22.9 Å². The Morgan fingerprint density at radius 2 is 1.88 bits per heavy atom. The van der Waals surface area contributed by atoms with Crippen LogP contribution in [-0.2, 0) is 4.79 Å². The van der Waals surface area contributed by atoms with E-state index in [2.05, 4.69) is 36.9 Å². The van der Waals surface area contributed by atoms with Gasteiger partial charge in [0.2, 0.25) is 0 Å². The van der Waals surface area contributed by atoms with E-state index in [9.17, 15) is 10.1 Å². The number of carbonyl (C=O) groups is 1. The first-order valence-corrected chi connectivity index (χ1v) is 12.4. The van der Waals surface area contributed by atoms with Crippen LogP contribution < -0.4 is 9.64 Å². The first-order valence-electron chi connectivity index (χ1n) is 11.4. The van der Waals surface area contributed by atoms with Gasteiger partial charge < -0.3 is 14.7 Å². The molecule has 5 nitrogen and oxygen atoms in total. The minimum Gasteiger partial charge on any atom is -0.480 e. The zero-order valence-electron chi connectivity index (χ0n) is 19.0. The summed E-state index contributed by atoms with van der Waals surface area (Å²) in [6, 6.07) is 16.3. The molecule has 1 aliphatic heterocycles. The number of aliphatic carboxylic acids is 1. The standard InChI is InChI=1S/C26H32N2O3S/c1-3-5-12-26(13-6-4-2)18-28(21-10-8-7-9-11-21)22-14-20(16-27)23(31-17-25(29)30)15-24(22)32-19-26/h7-11,14-15H,3-6,12-13,17-19H2,1-2H3,(H,29,30). The Hall–Kier alpha value is -2.65. The topological polar surface area (TPSA) is 73.6 Å². The maximum absolute atomic E-state index is 11.0. The Morgan fingerprint density at radius 1 is 1.19 bits per heavy atom. The predicted molar refractivity (Wildman–Crippen MR) is 130 cm³/mol. The number of thioether (sulfide) groups is 1. The van der Waals surface area contributed by atoms with Crippen LogP contribution in [0.4, 0.5) is 11.4 Å². The maximum atomic E-state index is 11.0. The highest BCUT2D eigenvalue weighted by Crippen LogP contribution is 2.48. The number of anilines is 2. The van der Waals surface area contributed by atoms with E-state index in [1.807, 2.05) is 30.3 Å². The third kappa shape index (κ3) is 5.77. The van der Waals surface area contributed by atoms with Gasteiger partial charge in [0.1, 0.15) is 11.8 Å². The second-order valence-electron chi connectivity index (χ2n) is 8.53. The molecule has 3 rings (SSSR count). The normalized spacial score (nSPS) is 14.8. The van der Waals surface area contributed by atoms with Gasteiger partial charge in [-0.3, -0.25) is 0 Å². The van der Waals surface area contributed by atoms with Crippen LogP contribution in [0.5, 0.6) is 5.75 Å². The SMILES string of the molecule is CCCCC1(CCCC)CSc2cc(OCC(=O)O)c(C#N)cc2N(c2ccccc2)C1. The summed E-state index contributed by atoms with van der Waals surface area (Å²) in [4.78, 5) is 14.4. The van der Waals surface area contributed by atoms with Gasteiger partial charge in [0.25, 0.3) is 0 Å². The molecule has 1 N–H and O–H groups in total. The number of carboxylic acids is 1. The van der Waals surface area contributed by atoms with Crippen molar-refractivity contribution in [1.82, 2.24) is 0 Å². The first kappa shape index (κ1) is 24.0. The fourth-order valence-corrected chi connectivity index (χ4v) is 5.64. The van der Waals surface area contributed by atoms with Crippen molar-refractivity contribution in [2.75, 3.05) is 23.8 Å². The van der Waals surface area contributed by atoms with Crippen LogP contribution in [0.3, 0.4) is 0 Å². The number of ether oxygens (including phenoxy) is 1. The smallest absolute Gasteiger partial charge is 0.341 e. The molecule has 0 aliphatic carbocycles. The Bertz CT molecular complexity index is 948. The number of para-hydroxylation sites is 1. The van der Waals surface area contributed by atoms with E-state index in [1.54, 1.807) is 11.8 Å². The lowest BCUT2D eigenvalue weighted by atomic mass is 9.79. The van der Waals surface area contributed by atoms with Crippen molar-refractivity contribution in [3.63, 3.8) is 0 Å². The minimum absolute atomic E-state index is 0.167. The van der Waals surface area contributed by atoms with Crippen molar-refractivity contribution in [2.45, 2.75) is 57.3 Å². The molecule has 0 spiro atoms. The van der Waals surface area contributed by atoms with Gasteiger partial charge >= 0.3 is 5.97 Å². The lowest BCUT2D eigenvalue weighted by Crippen LogP contribution is -2.36. The van der Waals surface area contributed by atoms with Gasteiger partial charge in [-0.05, 0) is 42.5 Å². The van der Waals surface area contributed by atoms with Crippen LogP contribution in [0.1, 0.15) is 57.9 Å². The summed E-state index contributed by atoms with van der Waals surface area (Å²) in [5.74, 6) is 0.275. The molecule has 0 unspecified atom stereocenters. The number of hydrogen-bond donors (Lipinski definition) is 1. The quantitative estimate of drug-likeness (QED) is 0.436. The molecule has 0 bridgehead atoms. The molecule has 170 valence electrons. The highest BCUT2D eigenvalue weighted by molar-refractivity contribution is 7.99. The Balaban J connectivity index is 2.08. The summed E-state index contributed by atoms with van der Waals surface area (Å²) in [6.07, 6.45) is 7.06. The molecular formula is C26H32N2O3S. The van der Waals surface area contributed by atoms with Crippen molar-refractivity contribution in [2.24, 2.45) is 5.41 Å². The summed E-state index contributed by atoms with van der Waals surface area (Å²) < 4.78 is 5.47. The zero-order valence-corrected chi connectivity index (χ0v) is 19.8. The monoisotopic (exact) mass is 452 g/mol. The number of nitriles is 1. The lowest BCUT2D eigenvalue weighted by Gasteiger charge is -2.37. The molecule has 0 radical (unpaired) electrons. The van der Waals surface area contributed by atoms with Gasteiger partial charge in [-0.15, -0.1) is 11.8 Å². The second kappa shape index (κ2) is 11.3. The molecule has 0 fully saturated rings. The molecular weight excluding hydrogens is 420 g/mol. The highest BCUT2D eigenvalue weighted by Gasteiger charge is 2.36. The number of fused-ring (bicyclic) bond motifs is 1. The summed E-state index contributed by atoms with van der Waals surface area (Å²) in [5.41, 5.74) is 2.63. The van der Waals surface area contributed by atoms with E-state index in [1.165, 1.54) is 38.5 Å². The van der Waals surface area contributed by atoms with Crippen LogP contribution in [0.25, 0.3) is 0 Å². The van der Waals surface area contributed by atoms with Crippen LogP contribution in [0, 0.1) is 16.7 Å². The van der Waals surface area contributed by atoms with E-state index >= 15 is 0 Å². The van der Waals surface area contributed by atoms with Crippen LogP contribution in [0.15, 0.2) is 47.4 Å². The lowest BCUT2D eigenvalue weighted by molar-refractivity contribution is -0.139. The first-order chi connectivity index (χ1) is 15.5. The van der Waals surface area contributed by atoms with E-state index in [-0.39, 0.29) is 5.41 Å². The third-order valence-electron chi connectivity index (χ3n) is 6.04. The van der Waals surface area contributed by atoms with Crippen molar-refractivity contribution < 1.29 is 14.6 Å². The zero-order chi connectivity index (χ0) is 23.0.